The van der Waals surface area contributed by atoms with Crippen LogP contribution in [0.2, 0.25) is 0 Å². The van der Waals surface area contributed by atoms with Crippen LogP contribution in [0.15, 0.2) is 24.3 Å². The van der Waals surface area contributed by atoms with Crippen molar-refractivity contribution in [3.63, 3.8) is 0 Å². The average Bonchev–Trinajstić information content (AvgIpc) is 2.52. The van der Waals surface area contributed by atoms with E-state index in [9.17, 15) is 9.59 Å². The predicted molar refractivity (Wildman–Crippen MR) is 92.6 cm³/mol. The number of nitrogens with zero attached hydrogens (tertiary/aromatic N) is 1. The van der Waals surface area contributed by atoms with Crippen molar-refractivity contribution < 1.29 is 9.59 Å². The van der Waals surface area contributed by atoms with Crippen LogP contribution < -0.4 is 15.5 Å². The molecule has 0 heterocycles. The molecule has 0 saturated heterocycles. The van der Waals surface area contributed by atoms with Gasteiger partial charge in [0.2, 0.25) is 5.91 Å². The van der Waals surface area contributed by atoms with E-state index in [2.05, 4.69) is 10.6 Å². The van der Waals surface area contributed by atoms with Gasteiger partial charge in [-0.1, -0.05) is 31.4 Å². The van der Waals surface area contributed by atoms with Gasteiger partial charge in [-0.2, -0.15) is 0 Å². The summed E-state index contributed by atoms with van der Waals surface area (Å²) in [6, 6.07) is 7.98. The molecule has 5 heteroatoms. The number of carbonyl (C=O) groups excluding carboxylic acids is 2. The van der Waals surface area contributed by atoms with Crippen molar-refractivity contribution in [3.05, 3.63) is 29.8 Å². The number of carbonyl (C=O) groups is 2. The molecule has 1 aliphatic carbocycles. The maximum absolute atomic E-state index is 11.9. The van der Waals surface area contributed by atoms with Crippen LogP contribution in [0, 0.1) is 6.92 Å². The summed E-state index contributed by atoms with van der Waals surface area (Å²) in [4.78, 5) is 25.5. The summed E-state index contributed by atoms with van der Waals surface area (Å²) < 4.78 is 0. The van der Waals surface area contributed by atoms with Gasteiger partial charge in [0.1, 0.15) is 0 Å². The Hall–Kier alpha value is -2.04. The average molecular weight is 317 g/mol. The van der Waals surface area contributed by atoms with Crippen LogP contribution in [0.3, 0.4) is 0 Å². The zero-order chi connectivity index (χ0) is 16.7. The van der Waals surface area contributed by atoms with Crippen LogP contribution in [0.5, 0.6) is 0 Å². The number of hydrogen-bond donors (Lipinski definition) is 2. The SMILES string of the molecule is CC(=O)N(CCNC(=O)NC1CCCCC1)c1cccc(C)c1. The smallest absolute Gasteiger partial charge is 0.315 e. The highest BCUT2D eigenvalue weighted by Crippen LogP contribution is 2.17. The summed E-state index contributed by atoms with van der Waals surface area (Å²) in [5.74, 6) is -0.0231. The molecule has 0 radical (unpaired) electrons. The van der Waals surface area contributed by atoms with Crippen LogP contribution >= 0.6 is 0 Å². The minimum absolute atomic E-state index is 0.0231. The second kappa shape index (κ2) is 8.56. The van der Waals surface area contributed by atoms with Crippen LogP contribution in [-0.2, 0) is 4.79 Å². The van der Waals surface area contributed by atoms with Gasteiger partial charge in [0.15, 0.2) is 0 Å². The van der Waals surface area contributed by atoms with Gasteiger partial charge >= 0.3 is 6.03 Å². The first-order valence-corrected chi connectivity index (χ1v) is 8.45. The van der Waals surface area contributed by atoms with E-state index in [0.29, 0.717) is 19.1 Å². The molecule has 1 aromatic rings. The second-order valence-electron chi connectivity index (χ2n) is 6.24. The third kappa shape index (κ3) is 5.58. The van der Waals surface area contributed by atoms with E-state index in [1.54, 1.807) is 11.8 Å². The molecule has 2 rings (SSSR count). The van der Waals surface area contributed by atoms with E-state index >= 15 is 0 Å². The number of benzene rings is 1. The van der Waals surface area contributed by atoms with Gasteiger partial charge in [0.25, 0.3) is 0 Å². The maximum Gasteiger partial charge on any atom is 0.315 e. The summed E-state index contributed by atoms with van der Waals surface area (Å²) in [5.41, 5.74) is 1.98. The van der Waals surface area contributed by atoms with Crippen molar-refractivity contribution in [2.75, 3.05) is 18.0 Å². The lowest BCUT2D eigenvalue weighted by Crippen LogP contribution is -2.45. The molecule has 0 bridgehead atoms. The van der Waals surface area contributed by atoms with Gasteiger partial charge in [0.05, 0.1) is 0 Å². The zero-order valence-electron chi connectivity index (χ0n) is 14.1. The van der Waals surface area contributed by atoms with Crippen LogP contribution in [0.1, 0.15) is 44.6 Å². The summed E-state index contributed by atoms with van der Waals surface area (Å²) >= 11 is 0. The minimum atomic E-state index is -0.135. The molecule has 126 valence electrons. The van der Waals surface area contributed by atoms with Gasteiger partial charge < -0.3 is 15.5 Å². The standard InChI is InChI=1S/C18H27N3O2/c1-14-7-6-10-17(13-14)21(15(2)22)12-11-19-18(23)20-16-8-4-3-5-9-16/h6-7,10,13,16H,3-5,8-9,11-12H2,1-2H3,(H2,19,20,23). The van der Waals surface area contributed by atoms with Gasteiger partial charge in [-0.15, -0.1) is 0 Å². The van der Waals surface area contributed by atoms with Crippen molar-refractivity contribution in [2.24, 2.45) is 0 Å². The number of urea groups is 1. The highest BCUT2D eigenvalue weighted by molar-refractivity contribution is 5.91. The van der Waals surface area contributed by atoms with Crippen LogP contribution in [0.4, 0.5) is 10.5 Å². The molecule has 5 nitrogen and oxygen atoms in total. The fraction of sp³-hybridized carbons (Fsp3) is 0.556. The molecule has 2 N–H and O–H groups in total. The Bertz CT molecular complexity index is 539. The highest BCUT2D eigenvalue weighted by Gasteiger charge is 2.16. The van der Waals surface area contributed by atoms with Gasteiger partial charge in [-0.25, -0.2) is 4.79 Å². The van der Waals surface area contributed by atoms with E-state index in [1.165, 1.54) is 19.3 Å². The van der Waals surface area contributed by atoms with Crippen molar-refractivity contribution in [1.29, 1.82) is 0 Å². The Labute approximate surface area is 138 Å². The van der Waals surface area contributed by atoms with E-state index in [1.807, 2.05) is 31.2 Å². The fourth-order valence-corrected chi connectivity index (χ4v) is 3.03. The number of amides is 3. The van der Waals surface area contributed by atoms with E-state index in [0.717, 1.165) is 24.1 Å². The minimum Gasteiger partial charge on any atom is -0.336 e. The van der Waals surface area contributed by atoms with Crippen molar-refractivity contribution in [1.82, 2.24) is 10.6 Å². The van der Waals surface area contributed by atoms with Crippen LogP contribution in [0.25, 0.3) is 0 Å². The Morgan fingerprint density at radius 2 is 1.96 bits per heavy atom. The number of hydrogen-bond acceptors (Lipinski definition) is 2. The van der Waals surface area contributed by atoms with E-state index in [4.69, 9.17) is 0 Å². The molecule has 1 fully saturated rings. The summed E-state index contributed by atoms with van der Waals surface area (Å²) in [6.07, 6.45) is 5.78. The zero-order valence-corrected chi connectivity index (χ0v) is 14.1. The van der Waals surface area contributed by atoms with Crippen molar-refractivity contribution in [2.45, 2.75) is 52.0 Å². The molecule has 0 spiro atoms. The van der Waals surface area contributed by atoms with Crippen LogP contribution in [-0.4, -0.2) is 31.1 Å². The first kappa shape index (κ1) is 17.3. The number of nitrogens with one attached hydrogen (secondary N) is 2. The van der Waals surface area contributed by atoms with Crippen molar-refractivity contribution in [3.8, 4) is 0 Å². The summed E-state index contributed by atoms with van der Waals surface area (Å²) in [5, 5.41) is 5.87. The molecular weight excluding hydrogens is 290 g/mol. The lowest BCUT2D eigenvalue weighted by atomic mass is 9.96. The number of aryl methyl sites for hydroxylation is 1. The molecule has 0 aromatic heterocycles. The first-order chi connectivity index (χ1) is 11.1. The normalized spacial score (nSPS) is 15.0. The quantitative estimate of drug-likeness (QED) is 0.877. The highest BCUT2D eigenvalue weighted by atomic mass is 16.2. The molecule has 1 aliphatic rings. The monoisotopic (exact) mass is 317 g/mol. The molecule has 0 unspecified atom stereocenters. The molecular formula is C18H27N3O2. The van der Waals surface area contributed by atoms with E-state index in [-0.39, 0.29) is 11.9 Å². The molecule has 1 aromatic carbocycles. The largest absolute Gasteiger partial charge is 0.336 e. The summed E-state index contributed by atoms with van der Waals surface area (Å²) in [6.45, 7) is 4.45. The predicted octanol–water partition coefficient (Wildman–Crippen LogP) is 2.98. The molecule has 3 amide bonds. The fourth-order valence-electron chi connectivity index (χ4n) is 3.03. The topological polar surface area (TPSA) is 61.4 Å². The second-order valence-corrected chi connectivity index (χ2v) is 6.24. The van der Waals surface area contributed by atoms with Gasteiger partial charge in [-0.3, -0.25) is 4.79 Å². The Kier molecular flexibility index (Phi) is 6.44. The Morgan fingerprint density at radius 1 is 1.22 bits per heavy atom. The third-order valence-electron chi connectivity index (χ3n) is 4.25. The molecule has 0 atom stereocenters. The lowest BCUT2D eigenvalue weighted by Gasteiger charge is -2.24. The number of anilines is 1. The third-order valence-corrected chi connectivity index (χ3v) is 4.25. The van der Waals surface area contributed by atoms with Gasteiger partial charge in [0, 0.05) is 31.7 Å². The van der Waals surface area contributed by atoms with Crippen molar-refractivity contribution >= 4 is 17.6 Å². The van der Waals surface area contributed by atoms with E-state index < -0.39 is 0 Å². The number of rotatable bonds is 5. The lowest BCUT2D eigenvalue weighted by molar-refractivity contribution is -0.116. The first-order valence-electron chi connectivity index (χ1n) is 8.45. The van der Waals surface area contributed by atoms with Gasteiger partial charge in [-0.05, 0) is 37.5 Å². The Balaban J connectivity index is 1.80. The molecule has 0 aliphatic heterocycles. The maximum atomic E-state index is 11.9. The Morgan fingerprint density at radius 3 is 2.61 bits per heavy atom. The molecule has 23 heavy (non-hydrogen) atoms. The molecule has 1 saturated carbocycles. The summed E-state index contributed by atoms with van der Waals surface area (Å²) in [7, 11) is 0.